The van der Waals surface area contributed by atoms with Gasteiger partial charge in [0.25, 0.3) is 0 Å². The van der Waals surface area contributed by atoms with E-state index in [9.17, 15) is 4.79 Å². The molecule has 1 N–H and O–H groups in total. The van der Waals surface area contributed by atoms with Gasteiger partial charge in [-0.1, -0.05) is 38.0 Å². The third-order valence-corrected chi connectivity index (χ3v) is 5.76. The first-order valence-electron chi connectivity index (χ1n) is 10.1. The molecule has 0 bridgehead atoms. The Balaban J connectivity index is 1.45. The molecule has 25 heavy (non-hydrogen) atoms. The topological polar surface area (TPSA) is 35.6 Å². The molecular weight excluding hydrogens is 310 g/mol. The van der Waals surface area contributed by atoms with Gasteiger partial charge in [-0.2, -0.15) is 0 Å². The Hall–Kier alpha value is -1.55. The van der Waals surface area contributed by atoms with Crippen LogP contribution in [0.15, 0.2) is 24.3 Å². The van der Waals surface area contributed by atoms with E-state index < -0.39 is 0 Å². The largest absolute Gasteiger partial charge is 0.325 e. The number of likely N-dealkylation sites (tertiary alicyclic amines) is 2. The molecule has 1 aromatic rings. The van der Waals surface area contributed by atoms with Crippen molar-refractivity contribution in [3.05, 3.63) is 29.8 Å². The Labute approximate surface area is 152 Å². The summed E-state index contributed by atoms with van der Waals surface area (Å²) < 4.78 is 0. The maximum atomic E-state index is 12.6. The minimum atomic E-state index is 0.0640. The number of rotatable bonds is 4. The average Bonchev–Trinajstić information content (AvgIpc) is 2.91. The van der Waals surface area contributed by atoms with Crippen molar-refractivity contribution in [1.29, 1.82) is 0 Å². The lowest BCUT2D eigenvalue weighted by Gasteiger charge is -2.34. The third-order valence-electron chi connectivity index (χ3n) is 5.76. The number of hydrogen-bond acceptors (Lipinski definition) is 2. The smallest absolute Gasteiger partial charge is 0.321 e. The number of aryl methyl sites for hydroxylation is 1. The minimum absolute atomic E-state index is 0.0640. The first-order valence-corrected chi connectivity index (χ1v) is 10.1. The molecule has 2 fully saturated rings. The van der Waals surface area contributed by atoms with Crippen LogP contribution < -0.4 is 5.32 Å². The maximum Gasteiger partial charge on any atom is 0.321 e. The Bertz CT molecular complexity index is 544. The van der Waals surface area contributed by atoms with Crippen LogP contribution in [0.2, 0.25) is 0 Å². The lowest BCUT2D eigenvalue weighted by atomic mass is 9.96. The van der Waals surface area contributed by atoms with Gasteiger partial charge in [0.1, 0.15) is 0 Å². The molecule has 2 aliphatic heterocycles. The number of amides is 2. The van der Waals surface area contributed by atoms with Crippen molar-refractivity contribution in [1.82, 2.24) is 9.80 Å². The summed E-state index contributed by atoms with van der Waals surface area (Å²) in [5.74, 6) is 0.755. The van der Waals surface area contributed by atoms with Crippen LogP contribution in [0.25, 0.3) is 0 Å². The highest BCUT2D eigenvalue weighted by molar-refractivity contribution is 5.90. The second-order valence-electron chi connectivity index (χ2n) is 7.59. The molecule has 0 aromatic heterocycles. The number of piperidine rings is 1. The van der Waals surface area contributed by atoms with Crippen LogP contribution in [0, 0.1) is 5.92 Å². The molecule has 0 radical (unpaired) electrons. The summed E-state index contributed by atoms with van der Waals surface area (Å²) in [6.45, 7) is 7.67. The molecule has 138 valence electrons. The number of benzene rings is 1. The Morgan fingerprint density at radius 3 is 2.40 bits per heavy atom. The number of nitrogens with one attached hydrogen (secondary N) is 1. The summed E-state index contributed by atoms with van der Waals surface area (Å²) in [7, 11) is 0. The van der Waals surface area contributed by atoms with Crippen LogP contribution in [-0.4, -0.2) is 48.6 Å². The van der Waals surface area contributed by atoms with Crippen molar-refractivity contribution in [2.75, 3.05) is 38.0 Å². The van der Waals surface area contributed by atoms with Crippen LogP contribution in [0.4, 0.5) is 10.5 Å². The van der Waals surface area contributed by atoms with Gasteiger partial charge >= 0.3 is 6.03 Å². The number of para-hydroxylation sites is 1. The maximum absolute atomic E-state index is 12.6. The predicted octanol–water partition coefficient (Wildman–Crippen LogP) is 4.37. The predicted molar refractivity (Wildman–Crippen MR) is 104 cm³/mol. The van der Waals surface area contributed by atoms with E-state index in [1.165, 1.54) is 50.9 Å². The van der Waals surface area contributed by atoms with E-state index in [2.05, 4.69) is 23.2 Å². The molecule has 0 atom stereocenters. The molecule has 2 heterocycles. The summed E-state index contributed by atoms with van der Waals surface area (Å²) >= 11 is 0. The van der Waals surface area contributed by atoms with Gasteiger partial charge < -0.3 is 15.1 Å². The number of nitrogens with zero attached hydrogens (tertiary/aromatic N) is 2. The van der Waals surface area contributed by atoms with Crippen molar-refractivity contribution >= 4 is 11.7 Å². The molecule has 0 saturated carbocycles. The number of urea groups is 1. The highest BCUT2D eigenvalue weighted by Crippen LogP contribution is 2.22. The van der Waals surface area contributed by atoms with E-state index in [4.69, 9.17) is 0 Å². The van der Waals surface area contributed by atoms with Gasteiger partial charge in [0.05, 0.1) is 0 Å². The zero-order valence-electron chi connectivity index (χ0n) is 15.7. The number of anilines is 1. The monoisotopic (exact) mass is 343 g/mol. The van der Waals surface area contributed by atoms with Gasteiger partial charge in [-0.3, -0.25) is 0 Å². The number of hydrogen-bond donors (Lipinski definition) is 1. The van der Waals surface area contributed by atoms with Gasteiger partial charge in [-0.15, -0.1) is 0 Å². The fraction of sp³-hybridized carbons (Fsp3) is 0.667. The van der Waals surface area contributed by atoms with E-state index in [0.29, 0.717) is 0 Å². The van der Waals surface area contributed by atoms with E-state index in [1.807, 2.05) is 23.1 Å². The van der Waals surface area contributed by atoms with Crippen molar-refractivity contribution in [2.45, 2.75) is 51.9 Å². The fourth-order valence-corrected chi connectivity index (χ4v) is 4.15. The van der Waals surface area contributed by atoms with Crippen molar-refractivity contribution in [2.24, 2.45) is 5.92 Å². The summed E-state index contributed by atoms with van der Waals surface area (Å²) in [6.07, 6.45) is 8.73. The summed E-state index contributed by atoms with van der Waals surface area (Å²) in [4.78, 5) is 17.2. The second-order valence-corrected chi connectivity index (χ2v) is 7.59. The van der Waals surface area contributed by atoms with Crippen LogP contribution in [0.3, 0.4) is 0 Å². The molecule has 2 saturated heterocycles. The van der Waals surface area contributed by atoms with Crippen LogP contribution >= 0.6 is 0 Å². The molecule has 4 heteroatoms. The molecule has 0 unspecified atom stereocenters. The number of carbonyl (C=O) groups excluding carboxylic acids is 1. The van der Waals surface area contributed by atoms with Crippen molar-refractivity contribution < 1.29 is 4.79 Å². The van der Waals surface area contributed by atoms with Gasteiger partial charge in [-0.05, 0) is 62.7 Å². The summed E-state index contributed by atoms with van der Waals surface area (Å²) in [5, 5.41) is 3.11. The van der Waals surface area contributed by atoms with E-state index in [1.54, 1.807) is 0 Å². The molecule has 2 aliphatic rings. The van der Waals surface area contributed by atoms with Crippen molar-refractivity contribution in [3.63, 3.8) is 0 Å². The quantitative estimate of drug-likeness (QED) is 0.881. The lowest BCUT2D eigenvalue weighted by Crippen LogP contribution is -2.43. The molecule has 4 nitrogen and oxygen atoms in total. The van der Waals surface area contributed by atoms with E-state index >= 15 is 0 Å². The third kappa shape index (κ3) is 5.21. The Morgan fingerprint density at radius 2 is 1.72 bits per heavy atom. The normalized spacial score (nSPS) is 20.3. The van der Waals surface area contributed by atoms with Crippen LogP contribution in [0.1, 0.15) is 51.0 Å². The molecule has 0 spiro atoms. The average molecular weight is 344 g/mol. The van der Waals surface area contributed by atoms with Gasteiger partial charge in [0.15, 0.2) is 0 Å². The molecule has 2 amide bonds. The second kappa shape index (κ2) is 9.23. The van der Waals surface area contributed by atoms with Crippen molar-refractivity contribution in [3.8, 4) is 0 Å². The first-order chi connectivity index (χ1) is 12.3. The number of carbonyl (C=O) groups is 1. The van der Waals surface area contributed by atoms with E-state index in [0.717, 1.165) is 44.0 Å². The summed E-state index contributed by atoms with van der Waals surface area (Å²) in [5.41, 5.74) is 2.16. The zero-order valence-corrected chi connectivity index (χ0v) is 15.7. The summed E-state index contributed by atoms with van der Waals surface area (Å²) in [6, 6.07) is 8.17. The molecule has 3 rings (SSSR count). The van der Waals surface area contributed by atoms with E-state index in [-0.39, 0.29) is 6.03 Å². The SMILES string of the molecule is CCc1ccccc1NC(=O)N1CCC(CN2CCCCCC2)CC1. The highest BCUT2D eigenvalue weighted by atomic mass is 16.2. The Kier molecular flexibility index (Phi) is 6.74. The molecular formula is C21H33N3O. The molecule has 1 aromatic carbocycles. The standard InChI is InChI=1S/C21H33N3O/c1-2-19-9-5-6-10-20(19)22-21(25)24-15-11-18(12-16-24)17-23-13-7-3-4-8-14-23/h5-6,9-10,18H,2-4,7-8,11-17H2,1H3,(H,22,25). The fourth-order valence-electron chi connectivity index (χ4n) is 4.15. The molecule has 0 aliphatic carbocycles. The van der Waals surface area contributed by atoms with Gasteiger partial charge in [-0.25, -0.2) is 4.79 Å². The highest BCUT2D eigenvalue weighted by Gasteiger charge is 2.24. The zero-order chi connectivity index (χ0) is 17.5. The van der Waals surface area contributed by atoms with Crippen LogP contribution in [0.5, 0.6) is 0 Å². The Morgan fingerprint density at radius 1 is 1.04 bits per heavy atom. The first kappa shape index (κ1) is 18.2. The minimum Gasteiger partial charge on any atom is -0.325 e. The van der Waals surface area contributed by atoms with Crippen LogP contribution in [-0.2, 0) is 6.42 Å². The van der Waals surface area contributed by atoms with Gasteiger partial charge in [0.2, 0.25) is 0 Å². The lowest BCUT2D eigenvalue weighted by molar-refractivity contribution is 0.155. The van der Waals surface area contributed by atoms with Gasteiger partial charge in [0, 0.05) is 25.3 Å².